The number of nitrogens with zero attached hydrogens (tertiary/aromatic N) is 3. The van der Waals surface area contributed by atoms with Crippen molar-refractivity contribution in [3.05, 3.63) is 59.4 Å². The molecular weight excluding hydrogens is 402 g/mol. The summed E-state index contributed by atoms with van der Waals surface area (Å²) in [7, 11) is 0. The third-order valence-corrected chi connectivity index (χ3v) is 6.63. The molecule has 6 nitrogen and oxygen atoms in total. The first kappa shape index (κ1) is 22.3. The van der Waals surface area contributed by atoms with Crippen molar-refractivity contribution in [1.29, 1.82) is 0 Å². The Morgan fingerprint density at radius 2 is 1.78 bits per heavy atom. The van der Waals surface area contributed by atoms with E-state index in [1.807, 2.05) is 47.1 Å². The average Bonchev–Trinajstić information content (AvgIpc) is 2.84. The van der Waals surface area contributed by atoms with Crippen LogP contribution in [0.2, 0.25) is 0 Å². The largest absolute Gasteiger partial charge is 0.493 e. The molecule has 170 valence electrons. The second-order valence-corrected chi connectivity index (χ2v) is 9.01. The zero-order chi connectivity index (χ0) is 22.3. The van der Waals surface area contributed by atoms with Crippen molar-refractivity contribution >= 4 is 11.8 Å². The molecule has 2 amide bonds. The van der Waals surface area contributed by atoms with Crippen LogP contribution in [-0.2, 0) is 11.2 Å². The molecule has 4 rings (SSSR count). The Labute approximate surface area is 190 Å². The third-order valence-electron chi connectivity index (χ3n) is 6.63. The highest BCUT2D eigenvalue weighted by Gasteiger charge is 2.25. The van der Waals surface area contributed by atoms with Crippen molar-refractivity contribution < 1.29 is 14.3 Å². The summed E-state index contributed by atoms with van der Waals surface area (Å²) in [4.78, 5) is 33.4. The van der Waals surface area contributed by atoms with Gasteiger partial charge < -0.3 is 14.5 Å². The first-order chi connectivity index (χ1) is 15.6. The van der Waals surface area contributed by atoms with Crippen molar-refractivity contribution in [3.63, 3.8) is 0 Å². The SMILES string of the molecule is Cc1ccc(C(=O)N2CCN(C(=O)Cc3cccnc3)CC2)cc1OCC1CCCCC1. The second-order valence-electron chi connectivity index (χ2n) is 9.01. The van der Waals surface area contributed by atoms with Gasteiger partial charge in [-0.3, -0.25) is 14.6 Å². The van der Waals surface area contributed by atoms with E-state index in [0.717, 1.165) is 23.5 Å². The maximum absolute atomic E-state index is 13.1. The van der Waals surface area contributed by atoms with Gasteiger partial charge in [-0.25, -0.2) is 0 Å². The van der Waals surface area contributed by atoms with E-state index >= 15 is 0 Å². The van der Waals surface area contributed by atoms with E-state index in [-0.39, 0.29) is 11.8 Å². The second kappa shape index (κ2) is 10.6. The van der Waals surface area contributed by atoms with Crippen LogP contribution in [0.3, 0.4) is 0 Å². The Balaban J connectivity index is 1.31. The summed E-state index contributed by atoms with van der Waals surface area (Å²) < 4.78 is 6.13. The lowest BCUT2D eigenvalue weighted by Crippen LogP contribution is -2.51. The first-order valence-electron chi connectivity index (χ1n) is 11.8. The lowest BCUT2D eigenvalue weighted by Gasteiger charge is -2.35. The van der Waals surface area contributed by atoms with Gasteiger partial charge in [0.05, 0.1) is 13.0 Å². The van der Waals surface area contributed by atoms with E-state index in [1.165, 1.54) is 32.1 Å². The molecule has 6 heteroatoms. The monoisotopic (exact) mass is 435 g/mol. The van der Waals surface area contributed by atoms with Crippen LogP contribution in [0.4, 0.5) is 0 Å². The Morgan fingerprint density at radius 3 is 2.50 bits per heavy atom. The molecule has 1 aliphatic carbocycles. The molecule has 1 saturated heterocycles. The van der Waals surface area contributed by atoms with Crippen LogP contribution < -0.4 is 4.74 Å². The summed E-state index contributed by atoms with van der Waals surface area (Å²) in [6.07, 6.45) is 10.2. The van der Waals surface area contributed by atoms with Gasteiger partial charge in [0.25, 0.3) is 5.91 Å². The molecule has 0 N–H and O–H groups in total. The molecular formula is C26H33N3O3. The molecule has 2 aliphatic rings. The smallest absolute Gasteiger partial charge is 0.254 e. The van der Waals surface area contributed by atoms with Crippen molar-refractivity contribution in [2.24, 2.45) is 5.92 Å². The Morgan fingerprint density at radius 1 is 1.03 bits per heavy atom. The molecule has 1 saturated carbocycles. The van der Waals surface area contributed by atoms with Gasteiger partial charge in [0.1, 0.15) is 5.75 Å². The van der Waals surface area contributed by atoms with Crippen molar-refractivity contribution in [2.45, 2.75) is 45.4 Å². The van der Waals surface area contributed by atoms with E-state index in [2.05, 4.69) is 4.98 Å². The number of benzene rings is 1. The standard InChI is InChI=1S/C26H33N3O3/c1-20-9-10-23(17-24(20)32-19-21-6-3-2-4-7-21)26(31)29-14-12-28(13-15-29)25(30)16-22-8-5-11-27-18-22/h5,8-11,17-18,21H,2-4,6-7,12-16,19H2,1H3. The Bertz CT molecular complexity index is 917. The fourth-order valence-corrected chi connectivity index (χ4v) is 4.58. The average molecular weight is 436 g/mol. The van der Waals surface area contributed by atoms with Gasteiger partial charge in [0, 0.05) is 44.1 Å². The van der Waals surface area contributed by atoms with Crippen LogP contribution in [-0.4, -0.2) is 59.4 Å². The highest BCUT2D eigenvalue weighted by molar-refractivity contribution is 5.95. The molecule has 32 heavy (non-hydrogen) atoms. The summed E-state index contributed by atoms with van der Waals surface area (Å²) in [5, 5.41) is 0. The van der Waals surface area contributed by atoms with Crippen LogP contribution in [0.1, 0.15) is 53.6 Å². The molecule has 0 spiro atoms. The molecule has 0 radical (unpaired) electrons. The fraction of sp³-hybridized carbons (Fsp3) is 0.500. The molecule has 2 aromatic rings. The predicted octanol–water partition coefficient (Wildman–Crippen LogP) is 3.88. The maximum Gasteiger partial charge on any atom is 0.254 e. The highest BCUT2D eigenvalue weighted by Crippen LogP contribution is 2.27. The number of pyridine rings is 1. The minimum absolute atomic E-state index is 0.00637. The lowest BCUT2D eigenvalue weighted by molar-refractivity contribution is -0.131. The minimum atomic E-state index is 0.00637. The third kappa shape index (κ3) is 5.67. The zero-order valence-corrected chi connectivity index (χ0v) is 19.0. The number of carbonyl (C=O) groups excluding carboxylic acids is 2. The van der Waals surface area contributed by atoms with E-state index < -0.39 is 0 Å². The number of ether oxygens (including phenoxy) is 1. The Hall–Kier alpha value is -2.89. The number of hydrogen-bond acceptors (Lipinski definition) is 4. The molecule has 2 heterocycles. The number of aryl methyl sites for hydroxylation is 1. The van der Waals surface area contributed by atoms with Gasteiger partial charge in [-0.1, -0.05) is 31.4 Å². The van der Waals surface area contributed by atoms with Gasteiger partial charge in [-0.05, 0) is 55.0 Å². The normalized spacial score (nSPS) is 17.3. The van der Waals surface area contributed by atoms with E-state index in [1.54, 1.807) is 12.4 Å². The Kier molecular flexibility index (Phi) is 7.40. The van der Waals surface area contributed by atoms with Crippen molar-refractivity contribution in [2.75, 3.05) is 32.8 Å². The van der Waals surface area contributed by atoms with Crippen LogP contribution in [0.25, 0.3) is 0 Å². The van der Waals surface area contributed by atoms with Gasteiger partial charge >= 0.3 is 0 Å². The molecule has 1 aromatic carbocycles. The van der Waals surface area contributed by atoms with E-state index in [9.17, 15) is 9.59 Å². The number of aromatic nitrogens is 1. The number of hydrogen-bond donors (Lipinski definition) is 0. The minimum Gasteiger partial charge on any atom is -0.493 e. The summed E-state index contributed by atoms with van der Waals surface area (Å²) in [6.45, 7) is 4.96. The highest BCUT2D eigenvalue weighted by atomic mass is 16.5. The van der Waals surface area contributed by atoms with Crippen LogP contribution in [0.15, 0.2) is 42.7 Å². The molecule has 0 bridgehead atoms. The van der Waals surface area contributed by atoms with Crippen LogP contribution >= 0.6 is 0 Å². The molecule has 0 atom stereocenters. The molecule has 0 unspecified atom stereocenters. The van der Waals surface area contributed by atoms with Gasteiger partial charge in [0.15, 0.2) is 0 Å². The number of carbonyl (C=O) groups is 2. The van der Waals surface area contributed by atoms with E-state index in [0.29, 0.717) is 44.1 Å². The maximum atomic E-state index is 13.1. The van der Waals surface area contributed by atoms with Crippen LogP contribution in [0, 0.1) is 12.8 Å². The van der Waals surface area contributed by atoms with Crippen LogP contribution in [0.5, 0.6) is 5.75 Å². The number of rotatable bonds is 6. The summed E-state index contributed by atoms with van der Waals surface area (Å²) in [5.74, 6) is 1.53. The van der Waals surface area contributed by atoms with E-state index in [4.69, 9.17) is 4.74 Å². The fourth-order valence-electron chi connectivity index (χ4n) is 4.58. The number of piperazine rings is 1. The predicted molar refractivity (Wildman–Crippen MR) is 124 cm³/mol. The lowest BCUT2D eigenvalue weighted by atomic mass is 9.90. The van der Waals surface area contributed by atoms with Crippen molar-refractivity contribution in [1.82, 2.24) is 14.8 Å². The van der Waals surface area contributed by atoms with Gasteiger partial charge in [-0.15, -0.1) is 0 Å². The summed E-state index contributed by atoms with van der Waals surface area (Å²) in [6, 6.07) is 9.49. The van der Waals surface area contributed by atoms with Gasteiger partial charge in [0.2, 0.25) is 5.91 Å². The quantitative estimate of drug-likeness (QED) is 0.691. The summed E-state index contributed by atoms with van der Waals surface area (Å²) >= 11 is 0. The van der Waals surface area contributed by atoms with Crippen molar-refractivity contribution in [3.8, 4) is 5.75 Å². The first-order valence-corrected chi connectivity index (χ1v) is 11.8. The molecule has 2 fully saturated rings. The topological polar surface area (TPSA) is 62.7 Å². The number of amides is 2. The molecule has 1 aromatic heterocycles. The molecule has 1 aliphatic heterocycles. The van der Waals surface area contributed by atoms with Gasteiger partial charge in [-0.2, -0.15) is 0 Å². The zero-order valence-electron chi connectivity index (χ0n) is 19.0. The summed E-state index contributed by atoms with van der Waals surface area (Å²) in [5.41, 5.74) is 2.63.